The maximum atomic E-state index is 12.8. The zero-order valence-electron chi connectivity index (χ0n) is 8.87. The van der Waals surface area contributed by atoms with Gasteiger partial charge in [-0.15, -0.1) is 11.8 Å². The van der Waals surface area contributed by atoms with E-state index in [1.165, 1.54) is 6.07 Å². The van der Waals surface area contributed by atoms with Crippen LogP contribution >= 0.6 is 23.4 Å². The molecule has 2 nitrogen and oxygen atoms in total. The van der Waals surface area contributed by atoms with Gasteiger partial charge >= 0.3 is 12.1 Å². The summed E-state index contributed by atoms with van der Waals surface area (Å²) >= 11 is 6.25. The monoisotopic (exact) mass is 296 g/mol. The maximum Gasteiger partial charge on any atom is 0.401 e. The topological polar surface area (TPSA) is 37.3 Å². The van der Waals surface area contributed by atoms with Crippen molar-refractivity contribution in [2.45, 2.75) is 22.7 Å². The van der Waals surface area contributed by atoms with Crippen molar-refractivity contribution in [3.63, 3.8) is 0 Å². The molecule has 7 heteroatoms. The summed E-state index contributed by atoms with van der Waals surface area (Å²) < 4.78 is 38.5. The van der Waals surface area contributed by atoms with E-state index in [9.17, 15) is 18.0 Å². The Morgan fingerprint density at radius 2 is 2.11 bits per heavy atom. The number of hydrogen-bond acceptors (Lipinski definition) is 2. The van der Waals surface area contributed by atoms with Crippen LogP contribution in [0.5, 0.6) is 0 Å². The van der Waals surface area contributed by atoms with Gasteiger partial charge < -0.3 is 5.11 Å². The number of fused-ring (bicyclic) bond motifs is 1. The van der Waals surface area contributed by atoms with Crippen LogP contribution in [0.25, 0.3) is 0 Å². The predicted molar refractivity (Wildman–Crippen MR) is 62.0 cm³/mol. The Labute approximate surface area is 110 Å². The zero-order chi connectivity index (χ0) is 13.5. The minimum absolute atomic E-state index is 0.126. The molecule has 0 aromatic heterocycles. The molecule has 0 amide bonds. The van der Waals surface area contributed by atoms with Crippen molar-refractivity contribution in [2.24, 2.45) is 5.92 Å². The number of thioether (sulfide) groups is 1. The summed E-state index contributed by atoms with van der Waals surface area (Å²) in [7, 11) is 0. The fraction of sp³-hybridized carbons (Fsp3) is 0.364. The molecule has 2 atom stereocenters. The second-order valence-corrected chi connectivity index (χ2v) is 5.60. The number of carbonyl (C=O) groups is 1. The first-order chi connectivity index (χ1) is 8.29. The van der Waals surface area contributed by atoms with Crippen molar-refractivity contribution >= 4 is 29.3 Å². The lowest BCUT2D eigenvalue weighted by Crippen LogP contribution is -2.41. The molecule has 1 N–H and O–H groups in total. The second kappa shape index (κ2) is 4.66. The van der Waals surface area contributed by atoms with Crippen LogP contribution in [-0.2, 0) is 11.2 Å². The summed E-state index contributed by atoms with van der Waals surface area (Å²) in [5.74, 6) is -2.88. The van der Waals surface area contributed by atoms with Crippen LogP contribution in [0, 0.1) is 5.92 Å². The Bertz CT molecular complexity index is 490. The average molecular weight is 297 g/mol. The third-order valence-electron chi connectivity index (χ3n) is 2.73. The van der Waals surface area contributed by atoms with E-state index in [2.05, 4.69) is 0 Å². The fourth-order valence-electron chi connectivity index (χ4n) is 1.88. The first-order valence-corrected chi connectivity index (χ1v) is 6.29. The summed E-state index contributed by atoms with van der Waals surface area (Å²) in [6.45, 7) is 0. The van der Waals surface area contributed by atoms with Crippen LogP contribution < -0.4 is 0 Å². The Balaban J connectivity index is 2.41. The van der Waals surface area contributed by atoms with Crippen molar-refractivity contribution < 1.29 is 23.1 Å². The van der Waals surface area contributed by atoms with Gasteiger partial charge in [-0.2, -0.15) is 13.2 Å². The normalized spacial score (nSPS) is 23.6. The van der Waals surface area contributed by atoms with E-state index in [0.29, 0.717) is 27.2 Å². The lowest BCUT2D eigenvalue weighted by Gasteiger charge is -2.31. The molecule has 1 aliphatic heterocycles. The first-order valence-electron chi connectivity index (χ1n) is 5.03. The average Bonchev–Trinajstić information content (AvgIpc) is 2.25. The van der Waals surface area contributed by atoms with E-state index >= 15 is 0 Å². The molecular weight excluding hydrogens is 289 g/mol. The van der Waals surface area contributed by atoms with E-state index in [0.717, 1.165) is 0 Å². The highest BCUT2D eigenvalue weighted by molar-refractivity contribution is 8.00. The molecule has 0 radical (unpaired) electrons. The number of rotatable bonds is 1. The van der Waals surface area contributed by atoms with Crippen LogP contribution in [0.2, 0.25) is 5.02 Å². The highest BCUT2D eigenvalue weighted by Crippen LogP contribution is 2.46. The Hall–Kier alpha value is -0.880. The van der Waals surface area contributed by atoms with Gasteiger partial charge in [0.25, 0.3) is 0 Å². The van der Waals surface area contributed by atoms with E-state index < -0.39 is 23.3 Å². The number of carboxylic acid groups (broad SMARTS) is 1. The molecule has 0 bridgehead atoms. The largest absolute Gasteiger partial charge is 0.481 e. The summed E-state index contributed by atoms with van der Waals surface area (Å²) in [6, 6.07) is 4.57. The molecule has 0 spiro atoms. The highest BCUT2D eigenvalue weighted by Gasteiger charge is 2.50. The van der Waals surface area contributed by atoms with E-state index in [4.69, 9.17) is 16.7 Å². The van der Waals surface area contributed by atoms with Crippen LogP contribution in [0.1, 0.15) is 5.56 Å². The molecule has 98 valence electrons. The van der Waals surface area contributed by atoms with Crippen LogP contribution in [0.4, 0.5) is 13.2 Å². The molecule has 0 saturated heterocycles. The van der Waals surface area contributed by atoms with Crippen molar-refractivity contribution in [1.29, 1.82) is 0 Å². The quantitative estimate of drug-likeness (QED) is 0.860. The summed E-state index contributed by atoms with van der Waals surface area (Å²) in [5, 5.41) is 7.33. The first kappa shape index (κ1) is 13.5. The standard InChI is InChI=1S/C11H8ClF3O2S/c12-6-2-1-5-3-7(10(16)17)9(11(13,14)15)18-8(5)4-6/h1-2,4,7,9H,3H2,(H,16,17)/t7-,9-/m0/s1. The number of benzene rings is 1. The highest BCUT2D eigenvalue weighted by atomic mass is 35.5. The Morgan fingerprint density at radius 1 is 1.44 bits per heavy atom. The SMILES string of the molecule is O=C(O)[C@H]1Cc2ccc(Cl)cc2S[C@@H]1C(F)(F)F. The third kappa shape index (κ3) is 2.59. The minimum atomic E-state index is -4.55. The molecule has 1 aromatic rings. The molecule has 0 unspecified atom stereocenters. The minimum Gasteiger partial charge on any atom is -0.481 e. The van der Waals surface area contributed by atoms with Gasteiger partial charge in [-0.25, -0.2) is 0 Å². The lowest BCUT2D eigenvalue weighted by atomic mass is 9.95. The van der Waals surface area contributed by atoms with Gasteiger partial charge in [0.2, 0.25) is 0 Å². The van der Waals surface area contributed by atoms with Gasteiger partial charge in [0.05, 0.1) is 5.92 Å². The molecular formula is C11H8ClF3O2S. The van der Waals surface area contributed by atoms with E-state index in [1.807, 2.05) is 0 Å². The van der Waals surface area contributed by atoms with Crippen molar-refractivity contribution in [1.82, 2.24) is 0 Å². The number of halogens is 4. The lowest BCUT2D eigenvalue weighted by molar-refractivity contribution is -0.160. The van der Waals surface area contributed by atoms with Gasteiger partial charge in [-0.1, -0.05) is 17.7 Å². The molecule has 1 aliphatic rings. The number of alkyl halides is 3. The molecule has 0 aliphatic carbocycles. The van der Waals surface area contributed by atoms with Crippen LogP contribution in [-0.4, -0.2) is 22.5 Å². The molecule has 1 aromatic carbocycles. The van der Waals surface area contributed by atoms with Gasteiger partial charge in [-0.05, 0) is 24.1 Å². The van der Waals surface area contributed by atoms with Gasteiger partial charge in [0.15, 0.2) is 0 Å². The molecule has 2 rings (SSSR count). The Kier molecular flexibility index (Phi) is 3.51. The van der Waals surface area contributed by atoms with Gasteiger partial charge in [-0.3, -0.25) is 4.79 Å². The number of aliphatic carboxylic acids is 1. The summed E-state index contributed by atoms with van der Waals surface area (Å²) in [6.07, 6.45) is -4.67. The van der Waals surface area contributed by atoms with Crippen LogP contribution in [0.3, 0.4) is 0 Å². The smallest absolute Gasteiger partial charge is 0.401 e. The predicted octanol–water partition coefficient (Wildman–Crippen LogP) is 3.62. The molecule has 0 fully saturated rings. The van der Waals surface area contributed by atoms with Crippen molar-refractivity contribution in [3.05, 3.63) is 28.8 Å². The Morgan fingerprint density at radius 3 is 2.67 bits per heavy atom. The second-order valence-electron chi connectivity index (χ2n) is 3.98. The summed E-state index contributed by atoms with van der Waals surface area (Å²) in [5.41, 5.74) is 0.595. The molecule has 0 saturated carbocycles. The van der Waals surface area contributed by atoms with Crippen LogP contribution in [0.15, 0.2) is 23.1 Å². The molecule has 1 heterocycles. The zero-order valence-corrected chi connectivity index (χ0v) is 10.4. The summed E-state index contributed by atoms with van der Waals surface area (Å²) in [4.78, 5) is 11.4. The van der Waals surface area contributed by atoms with Gasteiger partial charge in [0, 0.05) is 9.92 Å². The van der Waals surface area contributed by atoms with Crippen molar-refractivity contribution in [3.8, 4) is 0 Å². The van der Waals surface area contributed by atoms with E-state index in [-0.39, 0.29) is 6.42 Å². The van der Waals surface area contributed by atoms with Crippen molar-refractivity contribution in [2.75, 3.05) is 0 Å². The number of carboxylic acids is 1. The van der Waals surface area contributed by atoms with E-state index in [1.54, 1.807) is 12.1 Å². The fourth-order valence-corrected chi connectivity index (χ4v) is 3.40. The maximum absolute atomic E-state index is 12.8. The molecule has 18 heavy (non-hydrogen) atoms. The third-order valence-corrected chi connectivity index (χ3v) is 4.45. The number of hydrogen-bond donors (Lipinski definition) is 1. The van der Waals surface area contributed by atoms with Gasteiger partial charge in [0.1, 0.15) is 5.25 Å².